The van der Waals surface area contributed by atoms with E-state index in [1.807, 2.05) is 64.2 Å². The fraction of sp³-hybridized carbons (Fsp3) is 0.385. The Morgan fingerprint density at radius 1 is 0.581 bits per heavy atom. The molecule has 0 amide bonds. The van der Waals surface area contributed by atoms with Crippen molar-refractivity contribution in [2.75, 3.05) is 13.2 Å². The summed E-state index contributed by atoms with van der Waals surface area (Å²) in [5.41, 5.74) is 0. The molecule has 5 heteroatoms. The number of rotatable bonds is 3. The summed E-state index contributed by atoms with van der Waals surface area (Å²) < 4.78 is 4.94. The topological polar surface area (TPSA) is 9.23 Å². The van der Waals surface area contributed by atoms with Gasteiger partial charge in [-0.2, -0.15) is 0 Å². The van der Waals surface area contributed by atoms with Crippen LogP contribution in [-0.2, 0) is 30.6 Å². The van der Waals surface area contributed by atoms with Crippen molar-refractivity contribution < 1.29 is 30.6 Å². The number of benzene rings is 1. The first kappa shape index (κ1) is 31.7. The molecule has 0 spiro atoms. The number of hydrogen-bond donors (Lipinski definition) is 0. The SMILES string of the molecule is C1CCOC1.C[Si](C)(C)[Si](c1ccccc1)[Si](C)(C)C.[CH]1[CH][CH][CH][CH]1.[CH]1[CH][CH][CH][CH]1.[Sc]. The average molecular weight is 499 g/mol. The van der Waals surface area contributed by atoms with Crippen molar-refractivity contribution in [1.82, 2.24) is 0 Å². The minimum atomic E-state index is -0.999. The Morgan fingerprint density at radius 2 is 0.903 bits per heavy atom. The Kier molecular flexibility index (Phi) is 18.5. The van der Waals surface area contributed by atoms with Crippen LogP contribution in [0.1, 0.15) is 12.8 Å². The third-order valence-electron chi connectivity index (χ3n) is 4.50. The first-order valence-corrected chi connectivity index (χ1v) is 21.6. The van der Waals surface area contributed by atoms with Crippen LogP contribution in [0.25, 0.3) is 0 Å². The minimum absolute atomic E-state index is 0. The van der Waals surface area contributed by atoms with Crippen molar-refractivity contribution in [2.24, 2.45) is 0 Å². The zero-order valence-electron chi connectivity index (χ0n) is 20.5. The van der Waals surface area contributed by atoms with Crippen molar-refractivity contribution in [3.8, 4) is 0 Å². The Hall–Kier alpha value is 0.701. The van der Waals surface area contributed by atoms with Crippen molar-refractivity contribution in [3.05, 3.63) is 94.5 Å². The molecule has 1 aliphatic heterocycles. The van der Waals surface area contributed by atoms with Crippen molar-refractivity contribution in [1.29, 1.82) is 0 Å². The average Bonchev–Trinajstić information content (AvgIpc) is 3.49. The molecular weight excluding hydrogens is 457 g/mol. The van der Waals surface area contributed by atoms with Gasteiger partial charge in [-0.25, -0.2) is 0 Å². The Bertz CT molecular complexity index is 453. The van der Waals surface area contributed by atoms with E-state index in [0.29, 0.717) is 0 Å². The summed E-state index contributed by atoms with van der Waals surface area (Å²) in [5.74, 6) is 0. The molecule has 4 rings (SSSR count). The fourth-order valence-corrected chi connectivity index (χ4v) is 41.5. The maximum atomic E-state index is 4.94. The van der Waals surface area contributed by atoms with Crippen LogP contribution in [0.2, 0.25) is 39.3 Å². The van der Waals surface area contributed by atoms with E-state index in [4.69, 9.17) is 4.74 Å². The van der Waals surface area contributed by atoms with Crippen LogP contribution in [0.15, 0.2) is 30.3 Å². The predicted octanol–water partition coefficient (Wildman–Crippen LogP) is 6.06. The van der Waals surface area contributed by atoms with Gasteiger partial charge in [0.25, 0.3) is 0 Å². The summed E-state index contributed by atoms with van der Waals surface area (Å²) in [5, 5.41) is 1.68. The van der Waals surface area contributed by atoms with Crippen LogP contribution >= 0.6 is 0 Å². The minimum Gasteiger partial charge on any atom is -0.381 e. The maximum Gasteiger partial charge on any atom is 0.0696 e. The Balaban J connectivity index is 0.000000454. The predicted molar refractivity (Wildman–Crippen MR) is 142 cm³/mol. The molecule has 2 aliphatic carbocycles. The molecule has 2 saturated carbocycles. The molecule has 3 fully saturated rings. The second-order valence-corrected chi connectivity index (χ2v) is 33.3. The largest absolute Gasteiger partial charge is 0.381 e. The molecule has 1 aromatic rings. The molecule has 0 aromatic heterocycles. The zero-order chi connectivity index (χ0) is 22.3. The Morgan fingerprint density at radius 3 is 1.13 bits per heavy atom. The molecule has 166 valence electrons. The summed E-state index contributed by atoms with van der Waals surface area (Å²) in [6.07, 6.45) is 22.6. The van der Waals surface area contributed by atoms with E-state index in [9.17, 15) is 0 Å². The van der Waals surface area contributed by atoms with Crippen LogP contribution < -0.4 is 5.19 Å². The molecule has 1 nitrogen and oxygen atoms in total. The van der Waals surface area contributed by atoms with E-state index in [1.54, 1.807) is 5.19 Å². The molecule has 1 aromatic carbocycles. The quantitative estimate of drug-likeness (QED) is 0.460. The van der Waals surface area contributed by atoms with E-state index in [0.717, 1.165) is 13.2 Å². The standard InChI is InChI=1S/C12H23Si3.2C5H5.C4H8O.Sc/c1-14(2,3)13(15(4,5)6)12-10-8-7-9-11-12;3*1-2-4-5-3-1;/h7-11H,1-6H3;2*1-5H;1-4H2;. The molecule has 1 heterocycles. The fourth-order valence-electron chi connectivity index (χ4n) is 3.75. The van der Waals surface area contributed by atoms with Gasteiger partial charge in [0.05, 0.1) is 7.83 Å². The van der Waals surface area contributed by atoms with Gasteiger partial charge in [-0.05, 0) is 77.0 Å². The number of hydrogen-bond acceptors (Lipinski definition) is 1. The van der Waals surface area contributed by atoms with Gasteiger partial charge < -0.3 is 4.74 Å². The molecule has 31 heavy (non-hydrogen) atoms. The zero-order valence-corrected chi connectivity index (χ0v) is 25.3. The van der Waals surface area contributed by atoms with Gasteiger partial charge in [-0.15, -0.1) is 0 Å². The van der Waals surface area contributed by atoms with Gasteiger partial charge in [0, 0.05) is 54.2 Å². The van der Waals surface area contributed by atoms with Gasteiger partial charge in [0.2, 0.25) is 0 Å². The van der Waals surface area contributed by atoms with Gasteiger partial charge in [0.15, 0.2) is 0 Å². The van der Waals surface area contributed by atoms with E-state index in [2.05, 4.69) is 69.6 Å². The molecule has 0 N–H and O–H groups in total. The number of ether oxygens (including phenoxy) is 1. The third-order valence-corrected chi connectivity index (χ3v) is 32.6. The normalized spacial score (nSPS) is 18.0. The summed E-state index contributed by atoms with van der Waals surface area (Å²) in [4.78, 5) is 0. The molecule has 0 atom stereocenters. The van der Waals surface area contributed by atoms with E-state index >= 15 is 0 Å². The summed E-state index contributed by atoms with van der Waals surface area (Å²) in [7, 11) is -2.27. The van der Waals surface area contributed by atoms with E-state index < -0.39 is 15.2 Å². The van der Waals surface area contributed by atoms with Gasteiger partial charge >= 0.3 is 0 Å². The van der Waals surface area contributed by atoms with Crippen LogP contribution in [-0.4, -0.2) is 36.2 Å². The van der Waals surface area contributed by atoms with E-state index in [-0.39, 0.29) is 33.7 Å². The first-order valence-electron chi connectivity index (χ1n) is 11.1. The van der Waals surface area contributed by atoms with Gasteiger partial charge in [-0.3, -0.25) is 0 Å². The molecule has 0 bridgehead atoms. The van der Waals surface area contributed by atoms with E-state index in [1.165, 1.54) is 12.8 Å². The molecule has 3 aliphatic rings. The summed E-state index contributed by atoms with van der Waals surface area (Å²) in [6.45, 7) is 17.3. The van der Waals surface area contributed by atoms with Crippen LogP contribution in [0.3, 0.4) is 0 Å². The monoisotopic (exact) mass is 498 g/mol. The second-order valence-electron chi connectivity index (χ2n) is 9.49. The van der Waals surface area contributed by atoms with Crippen molar-refractivity contribution in [3.63, 3.8) is 0 Å². The first-order chi connectivity index (χ1) is 14.2. The van der Waals surface area contributed by atoms with Crippen molar-refractivity contribution in [2.45, 2.75) is 52.1 Å². The van der Waals surface area contributed by atoms with Crippen LogP contribution in [0.5, 0.6) is 0 Å². The molecule has 12 radical (unpaired) electrons. The van der Waals surface area contributed by atoms with Crippen molar-refractivity contribution >= 4 is 28.2 Å². The van der Waals surface area contributed by atoms with Crippen LogP contribution in [0, 0.1) is 64.2 Å². The summed E-state index contributed by atoms with van der Waals surface area (Å²) in [6, 6.07) is 11.3. The summed E-state index contributed by atoms with van der Waals surface area (Å²) >= 11 is 0. The van der Waals surface area contributed by atoms with Crippen LogP contribution in [0.4, 0.5) is 0 Å². The van der Waals surface area contributed by atoms with Gasteiger partial charge in [0.1, 0.15) is 0 Å². The third kappa shape index (κ3) is 16.0. The molecule has 0 unspecified atom stereocenters. The van der Waals surface area contributed by atoms with Gasteiger partial charge in [-0.1, -0.05) is 74.8 Å². The molecular formula is C26H41OScSi3. The second kappa shape index (κ2) is 18.1. The maximum absolute atomic E-state index is 4.94. The smallest absolute Gasteiger partial charge is 0.0696 e. The molecule has 1 saturated heterocycles. The Labute approximate surface area is 217 Å².